The van der Waals surface area contributed by atoms with Gasteiger partial charge < -0.3 is 16.2 Å². The summed E-state index contributed by atoms with van der Waals surface area (Å²) < 4.78 is 0. The fourth-order valence-corrected chi connectivity index (χ4v) is 1.54. The highest BCUT2D eigenvalue weighted by atomic mass is 35.5. The number of para-hydroxylation sites is 1. The van der Waals surface area contributed by atoms with Crippen LogP contribution in [0.2, 0.25) is 5.02 Å². The van der Waals surface area contributed by atoms with Gasteiger partial charge in [0.1, 0.15) is 5.69 Å². The van der Waals surface area contributed by atoms with Gasteiger partial charge in [0.05, 0.1) is 16.0 Å². The molecule has 1 rings (SSSR count). The van der Waals surface area contributed by atoms with Gasteiger partial charge in [0.2, 0.25) is 0 Å². The van der Waals surface area contributed by atoms with Gasteiger partial charge in [0.15, 0.2) is 0 Å². The Kier molecular flexibility index (Phi) is 5.57. The van der Waals surface area contributed by atoms with Crippen LogP contribution in [-0.4, -0.2) is 29.2 Å². The minimum absolute atomic E-state index is 0.0877. The van der Waals surface area contributed by atoms with Crippen molar-refractivity contribution in [3.63, 3.8) is 0 Å². The zero-order valence-corrected chi connectivity index (χ0v) is 10.3. The highest BCUT2D eigenvalue weighted by Gasteiger charge is 2.15. The van der Waals surface area contributed by atoms with Crippen LogP contribution in [0.15, 0.2) is 30.4 Å². The molecule has 1 aromatic rings. The first-order valence-corrected chi connectivity index (χ1v) is 5.65. The first-order valence-electron chi connectivity index (χ1n) is 5.27. The van der Waals surface area contributed by atoms with Crippen molar-refractivity contribution < 1.29 is 10.0 Å². The first kappa shape index (κ1) is 14.4. The molecule has 1 aromatic carbocycles. The molecule has 0 aromatic heterocycles. The van der Waals surface area contributed by atoms with E-state index >= 15 is 0 Å². The summed E-state index contributed by atoms with van der Waals surface area (Å²) >= 11 is 5.88. The van der Waals surface area contributed by atoms with E-state index in [-0.39, 0.29) is 22.9 Å². The van der Waals surface area contributed by atoms with Crippen molar-refractivity contribution in [2.24, 2.45) is 5.73 Å². The number of halogens is 1. The third-order valence-electron chi connectivity index (χ3n) is 2.18. The van der Waals surface area contributed by atoms with Crippen molar-refractivity contribution in [2.75, 3.05) is 18.4 Å². The van der Waals surface area contributed by atoms with Gasteiger partial charge in [0, 0.05) is 19.2 Å². The third-order valence-corrected chi connectivity index (χ3v) is 2.50. The second-order valence-corrected chi connectivity index (χ2v) is 3.91. The van der Waals surface area contributed by atoms with Gasteiger partial charge in [0.25, 0.3) is 5.69 Å². The molecule has 0 heterocycles. The number of hydrogen-bond acceptors (Lipinski definition) is 5. The maximum Gasteiger partial charge on any atom is 0.293 e. The first-order chi connectivity index (χ1) is 8.56. The number of nitrogens with zero attached hydrogens (tertiary/aromatic N) is 1. The Hall–Kier alpha value is -1.63. The minimum Gasteiger partial charge on any atom is -0.388 e. The molecule has 0 aliphatic heterocycles. The van der Waals surface area contributed by atoms with E-state index in [9.17, 15) is 15.2 Å². The summed E-state index contributed by atoms with van der Waals surface area (Å²) in [5, 5.41) is 23.1. The number of hydrogen-bond donors (Lipinski definition) is 3. The van der Waals surface area contributed by atoms with Crippen LogP contribution in [0.3, 0.4) is 0 Å². The van der Waals surface area contributed by atoms with Crippen molar-refractivity contribution in [1.82, 2.24) is 0 Å². The van der Waals surface area contributed by atoms with E-state index in [1.807, 2.05) is 0 Å². The lowest BCUT2D eigenvalue weighted by Crippen LogP contribution is -2.17. The number of nitro groups is 1. The minimum atomic E-state index is -0.715. The molecule has 6 nitrogen and oxygen atoms in total. The van der Waals surface area contributed by atoms with Crippen LogP contribution < -0.4 is 11.1 Å². The van der Waals surface area contributed by atoms with E-state index in [1.165, 1.54) is 18.2 Å². The van der Waals surface area contributed by atoms with Gasteiger partial charge in [-0.25, -0.2) is 0 Å². The number of rotatable bonds is 6. The summed E-state index contributed by atoms with van der Waals surface area (Å²) in [6, 6.07) is 4.45. The van der Waals surface area contributed by atoms with Crippen LogP contribution >= 0.6 is 11.6 Å². The molecule has 0 radical (unpaired) electrons. The summed E-state index contributed by atoms with van der Waals surface area (Å²) in [5.41, 5.74) is 5.39. The van der Waals surface area contributed by atoms with Crippen molar-refractivity contribution in [2.45, 2.75) is 6.10 Å². The molecule has 0 bridgehead atoms. The zero-order valence-electron chi connectivity index (χ0n) is 9.54. The van der Waals surface area contributed by atoms with E-state index in [0.717, 1.165) is 0 Å². The predicted octanol–water partition coefficient (Wildman–Crippen LogP) is 1.54. The van der Waals surface area contributed by atoms with E-state index in [2.05, 4.69) is 5.32 Å². The summed E-state index contributed by atoms with van der Waals surface area (Å²) in [6.07, 6.45) is 2.42. The van der Waals surface area contributed by atoms with Crippen molar-refractivity contribution in [3.05, 3.63) is 45.5 Å². The molecule has 0 aliphatic carbocycles. The highest BCUT2D eigenvalue weighted by molar-refractivity contribution is 6.33. The maximum atomic E-state index is 10.8. The largest absolute Gasteiger partial charge is 0.388 e. The lowest BCUT2D eigenvalue weighted by molar-refractivity contribution is -0.383. The van der Waals surface area contributed by atoms with E-state index < -0.39 is 11.0 Å². The number of nitrogens with two attached hydrogens (primary N) is 1. The number of aliphatic hydroxyl groups is 1. The number of nitro benzene ring substituents is 1. The fraction of sp³-hybridized carbons (Fsp3) is 0.273. The van der Waals surface area contributed by atoms with Gasteiger partial charge in [-0.05, 0) is 6.07 Å². The number of nitrogens with one attached hydrogen (secondary N) is 1. The average molecular weight is 272 g/mol. The summed E-state index contributed by atoms with van der Waals surface area (Å²) in [6.45, 7) is 0.435. The molecular weight excluding hydrogens is 258 g/mol. The van der Waals surface area contributed by atoms with Gasteiger partial charge in [-0.3, -0.25) is 10.1 Å². The third kappa shape index (κ3) is 3.99. The normalized spacial score (nSPS) is 12.6. The molecule has 0 unspecified atom stereocenters. The highest BCUT2D eigenvalue weighted by Crippen LogP contribution is 2.31. The smallest absolute Gasteiger partial charge is 0.293 e. The SMILES string of the molecule is NC[C@H](O)C=CCNc1c(Cl)cccc1[N+](=O)[O-]. The average Bonchev–Trinajstić information content (AvgIpc) is 2.35. The summed E-state index contributed by atoms with van der Waals surface area (Å²) in [5.74, 6) is 0. The quantitative estimate of drug-likeness (QED) is 0.414. The molecule has 98 valence electrons. The Morgan fingerprint density at radius 3 is 2.94 bits per heavy atom. The Bertz CT molecular complexity index is 451. The van der Waals surface area contributed by atoms with Gasteiger partial charge in [-0.2, -0.15) is 0 Å². The molecule has 0 amide bonds. The monoisotopic (exact) mass is 271 g/mol. The van der Waals surface area contributed by atoms with Gasteiger partial charge >= 0.3 is 0 Å². The van der Waals surface area contributed by atoms with Crippen molar-refractivity contribution >= 4 is 23.0 Å². The lowest BCUT2D eigenvalue weighted by atomic mass is 10.2. The molecule has 0 saturated carbocycles. The Morgan fingerprint density at radius 2 is 2.33 bits per heavy atom. The molecule has 18 heavy (non-hydrogen) atoms. The molecule has 0 spiro atoms. The molecule has 0 fully saturated rings. The fourth-order valence-electron chi connectivity index (χ4n) is 1.30. The predicted molar refractivity (Wildman–Crippen MR) is 70.8 cm³/mol. The molecule has 4 N–H and O–H groups in total. The number of benzene rings is 1. The van der Waals surface area contributed by atoms with E-state index in [4.69, 9.17) is 17.3 Å². The van der Waals surface area contributed by atoms with Crippen LogP contribution in [0.25, 0.3) is 0 Å². The molecule has 0 aliphatic rings. The Morgan fingerprint density at radius 1 is 1.61 bits per heavy atom. The van der Waals surface area contributed by atoms with Crippen molar-refractivity contribution in [3.8, 4) is 0 Å². The van der Waals surface area contributed by atoms with E-state index in [0.29, 0.717) is 6.54 Å². The lowest BCUT2D eigenvalue weighted by Gasteiger charge is -2.06. The molecule has 7 heteroatoms. The van der Waals surface area contributed by atoms with E-state index in [1.54, 1.807) is 12.1 Å². The van der Waals surface area contributed by atoms with Crippen molar-refractivity contribution in [1.29, 1.82) is 0 Å². The second-order valence-electron chi connectivity index (χ2n) is 3.50. The molecule has 1 atom stereocenters. The van der Waals surface area contributed by atoms with Crippen LogP contribution in [-0.2, 0) is 0 Å². The molecular formula is C11H14ClN3O3. The zero-order chi connectivity index (χ0) is 13.5. The second kappa shape index (κ2) is 6.95. The van der Waals surface area contributed by atoms with Crippen LogP contribution in [0.4, 0.5) is 11.4 Å². The summed E-state index contributed by atoms with van der Waals surface area (Å²) in [7, 11) is 0. The maximum absolute atomic E-state index is 10.8. The van der Waals surface area contributed by atoms with Crippen LogP contribution in [0.5, 0.6) is 0 Å². The molecule has 0 saturated heterocycles. The van der Waals surface area contributed by atoms with Gasteiger partial charge in [-0.15, -0.1) is 0 Å². The van der Waals surface area contributed by atoms with Crippen LogP contribution in [0.1, 0.15) is 0 Å². The topological polar surface area (TPSA) is 101 Å². The van der Waals surface area contributed by atoms with Crippen LogP contribution in [0, 0.1) is 10.1 Å². The number of anilines is 1. The number of aliphatic hydroxyl groups excluding tert-OH is 1. The summed E-state index contributed by atoms with van der Waals surface area (Å²) in [4.78, 5) is 10.3. The Labute approximate surface area is 109 Å². The standard InChI is InChI=1S/C11H14ClN3O3/c12-9-4-1-5-10(15(17)18)11(9)14-6-2-3-8(16)7-13/h1-5,8,14,16H,6-7,13H2/t8-/m1/s1. The van der Waals surface area contributed by atoms with Gasteiger partial charge in [-0.1, -0.05) is 29.8 Å². The Balaban J connectivity index is 2.72.